The van der Waals surface area contributed by atoms with Crippen LogP contribution in [0.4, 0.5) is 18.7 Å². The first-order valence-electron chi connectivity index (χ1n) is 6.33. The third-order valence-corrected chi connectivity index (χ3v) is 4.25. The second-order valence-corrected chi connectivity index (χ2v) is 5.75. The zero-order chi connectivity index (χ0) is 14.7. The molecule has 1 saturated heterocycles. The van der Waals surface area contributed by atoms with Gasteiger partial charge in [-0.3, -0.25) is 5.32 Å². The number of carbonyl (C=O) groups is 1. The fourth-order valence-electron chi connectivity index (χ4n) is 2.32. The first kappa shape index (κ1) is 15.0. The number of urea groups is 1. The van der Waals surface area contributed by atoms with Crippen molar-refractivity contribution < 1.29 is 18.7 Å². The molecule has 0 aliphatic carbocycles. The van der Waals surface area contributed by atoms with Crippen LogP contribution in [-0.4, -0.2) is 45.4 Å². The van der Waals surface area contributed by atoms with Gasteiger partial charge in [-0.25, -0.2) is 13.6 Å². The summed E-state index contributed by atoms with van der Waals surface area (Å²) >= 11 is 0.650. The van der Waals surface area contributed by atoms with Gasteiger partial charge in [-0.15, -0.1) is 10.2 Å². The minimum atomic E-state index is -2.70. The number of amides is 2. The molecule has 1 aliphatic heterocycles. The van der Waals surface area contributed by atoms with Crippen LogP contribution >= 0.6 is 11.3 Å². The first-order chi connectivity index (χ1) is 9.52. The molecule has 1 fully saturated rings. The van der Waals surface area contributed by atoms with E-state index in [-0.39, 0.29) is 23.7 Å². The molecule has 20 heavy (non-hydrogen) atoms. The topological polar surface area (TPSA) is 78.4 Å². The van der Waals surface area contributed by atoms with E-state index in [2.05, 4.69) is 15.5 Å². The van der Waals surface area contributed by atoms with Crippen LogP contribution in [0.1, 0.15) is 31.2 Å². The van der Waals surface area contributed by atoms with Crippen molar-refractivity contribution in [3.8, 4) is 0 Å². The lowest BCUT2D eigenvalue weighted by Gasteiger charge is -2.38. The van der Waals surface area contributed by atoms with Crippen LogP contribution in [0.5, 0.6) is 0 Å². The molecular weight excluding hydrogens is 290 g/mol. The zero-order valence-corrected chi connectivity index (χ0v) is 11.7. The van der Waals surface area contributed by atoms with E-state index in [9.17, 15) is 18.7 Å². The molecule has 1 aliphatic rings. The second-order valence-electron chi connectivity index (χ2n) is 4.74. The quantitative estimate of drug-likeness (QED) is 0.896. The molecule has 2 unspecified atom stereocenters. The molecule has 6 nitrogen and oxygen atoms in total. The van der Waals surface area contributed by atoms with Gasteiger partial charge < -0.3 is 10.0 Å². The Bertz CT molecular complexity index is 471. The van der Waals surface area contributed by atoms with Crippen LogP contribution < -0.4 is 5.32 Å². The number of aliphatic hydroxyl groups is 1. The molecule has 2 N–H and O–H groups in total. The maximum atomic E-state index is 12.4. The number of aromatic nitrogens is 2. The number of halogens is 2. The van der Waals surface area contributed by atoms with Crippen molar-refractivity contribution in [3.05, 3.63) is 5.01 Å². The van der Waals surface area contributed by atoms with Gasteiger partial charge in [0, 0.05) is 6.54 Å². The van der Waals surface area contributed by atoms with Crippen molar-refractivity contribution in [2.45, 2.75) is 32.2 Å². The van der Waals surface area contributed by atoms with Gasteiger partial charge in [0.15, 0.2) is 5.01 Å². The lowest BCUT2D eigenvalue weighted by atomic mass is 9.91. The maximum Gasteiger partial charge on any atom is 0.324 e. The van der Waals surface area contributed by atoms with Gasteiger partial charge in [0.2, 0.25) is 5.13 Å². The Balaban J connectivity index is 2.02. The molecule has 2 rings (SSSR count). The average molecular weight is 306 g/mol. The van der Waals surface area contributed by atoms with Gasteiger partial charge in [-0.05, 0) is 18.8 Å². The maximum absolute atomic E-state index is 12.4. The summed E-state index contributed by atoms with van der Waals surface area (Å²) < 4.78 is 24.8. The number of likely N-dealkylation sites (tertiary alicyclic amines) is 1. The van der Waals surface area contributed by atoms with E-state index in [1.165, 1.54) is 4.90 Å². The van der Waals surface area contributed by atoms with Gasteiger partial charge >= 0.3 is 6.03 Å². The smallest absolute Gasteiger partial charge is 0.324 e. The van der Waals surface area contributed by atoms with Crippen LogP contribution in [0.25, 0.3) is 0 Å². The number of anilines is 1. The van der Waals surface area contributed by atoms with Crippen molar-refractivity contribution in [2.24, 2.45) is 5.92 Å². The molecule has 0 aromatic carbocycles. The van der Waals surface area contributed by atoms with E-state index in [0.717, 1.165) is 12.8 Å². The molecule has 0 radical (unpaired) electrons. The van der Waals surface area contributed by atoms with Gasteiger partial charge in [0.1, 0.15) is 0 Å². The Morgan fingerprint density at radius 1 is 1.60 bits per heavy atom. The minimum Gasteiger partial charge on any atom is -0.394 e. The Morgan fingerprint density at radius 2 is 2.35 bits per heavy atom. The summed E-state index contributed by atoms with van der Waals surface area (Å²) in [5.74, 6) is 0.200. The van der Waals surface area contributed by atoms with Gasteiger partial charge in [-0.1, -0.05) is 18.3 Å². The SMILES string of the molecule is CC1CCCN(C(=O)Nc2nnc(C(F)F)s2)C1CO. The molecule has 112 valence electrons. The highest BCUT2D eigenvalue weighted by atomic mass is 32.1. The number of carbonyl (C=O) groups excluding carboxylic acids is 1. The number of aliphatic hydroxyl groups excluding tert-OH is 1. The Kier molecular flexibility index (Phi) is 4.81. The van der Waals surface area contributed by atoms with Crippen LogP contribution in [0.3, 0.4) is 0 Å². The Hall–Kier alpha value is -1.35. The standard InChI is InChI=1S/C11H16F2N4O2S/c1-6-3-2-4-17(7(6)5-18)11(19)14-10-16-15-9(20-10)8(12)13/h6-8,18H,2-5H2,1H3,(H,14,16,19). The molecule has 0 spiro atoms. The van der Waals surface area contributed by atoms with Gasteiger partial charge in [0.25, 0.3) is 6.43 Å². The van der Waals surface area contributed by atoms with Crippen LogP contribution in [0, 0.1) is 5.92 Å². The summed E-state index contributed by atoms with van der Waals surface area (Å²) in [5, 5.41) is 18.3. The lowest BCUT2D eigenvalue weighted by Crippen LogP contribution is -2.51. The summed E-state index contributed by atoms with van der Waals surface area (Å²) in [7, 11) is 0. The molecule has 9 heteroatoms. The Labute approximate surface area is 118 Å². The number of hydrogen-bond acceptors (Lipinski definition) is 5. The first-order valence-corrected chi connectivity index (χ1v) is 7.14. The number of rotatable bonds is 3. The van der Waals surface area contributed by atoms with Crippen molar-refractivity contribution >= 4 is 22.5 Å². The fourth-order valence-corrected chi connectivity index (χ4v) is 2.91. The predicted molar refractivity (Wildman–Crippen MR) is 69.9 cm³/mol. The summed E-state index contributed by atoms with van der Waals surface area (Å²) in [6.07, 6.45) is -0.898. The van der Waals surface area contributed by atoms with Crippen molar-refractivity contribution in [3.63, 3.8) is 0 Å². The largest absolute Gasteiger partial charge is 0.394 e. The van der Waals surface area contributed by atoms with Crippen LogP contribution in [0.15, 0.2) is 0 Å². The molecule has 0 saturated carbocycles. The highest BCUT2D eigenvalue weighted by Gasteiger charge is 2.31. The highest BCUT2D eigenvalue weighted by molar-refractivity contribution is 7.15. The molecular formula is C11H16F2N4O2S. The van der Waals surface area contributed by atoms with E-state index >= 15 is 0 Å². The van der Waals surface area contributed by atoms with Crippen molar-refractivity contribution in [2.75, 3.05) is 18.5 Å². The number of alkyl halides is 2. The van der Waals surface area contributed by atoms with E-state index in [4.69, 9.17) is 0 Å². The summed E-state index contributed by atoms with van der Waals surface area (Å²) in [4.78, 5) is 13.6. The molecule has 2 atom stereocenters. The van der Waals surface area contributed by atoms with Crippen LogP contribution in [0.2, 0.25) is 0 Å². The predicted octanol–water partition coefficient (Wildman–Crippen LogP) is 2.10. The lowest BCUT2D eigenvalue weighted by molar-refractivity contribution is 0.0811. The highest BCUT2D eigenvalue weighted by Crippen LogP contribution is 2.27. The molecule has 2 heterocycles. The molecule has 2 amide bonds. The molecule has 1 aromatic rings. The van der Waals surface area contributed by atoms with E-state index < -0.39 is 17.5 Å². The van der Waals surface area contributed by atoms with Crippen LogP contribution in [-0.2, 0) is 0 Å². The normalized spacial score (nSPS) is 23.1. The molecule has 0 bridgehead atoms. The van der Waals surface area contributed by atoms with E-state index in [0.29, 0.717) is 17.9 Å². The summed E-state index contributed by atoms with van der Waals surface area (Å²) in [5.41, 5.74) is 0. The number of hydrogen-bond donors (Lipinski definition) is 2. The number of piperidine rings is 1. The fraction of sp³-hybridized carbons (Fsp3) is 0.727. The van der Waals surface area contributed by atoms with Crippen molar-refractivity contribution in [1.29, 1.82) is 0 Å². The van der Waals surface area contributed by atoms with Gasteiger partial charge in [0.05, 0.1) is 12.6 Å². The second kappa shape index (κ2) is 6.40. The monoisotopic (exact) mass is 306 g/mol. The van der Waals surface area contributed by atoms with E-state index in [1.807, 2.05) is 6.92 Å². The van der Waals surface area contributed by atoms with Gasteiger partial charge in [-0.2, -0.15) is 0 Å². The third-order valence-electron chi connectivity index (χ3n) is 3.40. The number of nitrogens with one attached hydrogen (secondary N) is 1. The van der Waals surface area contributed by atoms with Crippen molar-refractivity contribution in [1.82, 2.24) is 15.1 Å². The summed E-state index contributed by atoms with van der Waals surface area (Å²) in [6, 6.07) is -0.696. The third kappa shape index (κ3) is 3.21. The average Bonchev–Trinajstić information content (AvgIpc) is 2.87. The van der Waals surface area contributed by atoms with E-state index in [1.54, 1.807) is 0 Å². The minimum absolute atomic E-state index is 0.0419. The summed E-state index contributed by atoms with van der Waals surface area (Å²) in [6.45, 7) is 2.38. The zero-order valence-electron chi connectivity index (χ0n) is 10.9. The Morgan fingerprint density at radius 3 is 2.95 bits per heavy atom. The molecule has 1 aromatic heterocycles. The number of nitrogens with zero attached hydrogens (tertiary/aromatic N) is 3.